The summed E-state index contributed by atoms with van der Waals surface area (Å²) in [6, 6.07) is 3.17. The van der Waals surface area contributed by atoms with Crippen LogP contribution in [0.3, 0.4) is 0 Å². The van der Waals surface area contributed by atoms with Gasteiger partial charge in [0.2, 0.25) is 0 Å². The Hall–Kier alpha value is -1.37. The van der Waals surface area contributed by atoms with E-state index in [4.69, 9.17) is 5.73 Å². The number of nitrogen functional groups attached to an aromatic ring is 1. The monoisotopic (exact) mass is 306 g/mol. The molecule has 0 saturated carbocycles. The second kappa shape index (κ2) is 6.88. The Morgan fingerprint density at radius 1 is 1.45 bits per heavy atom. The fraction of sp³-hybridized carbons (Fsp3) is 0.462. The summed E-state index contributed by atoms with van der Waals surface area (Å²) < 4.78 is 38.1. The van der Waals surface area contributed by atoms with Crippen LogP contribution in [-0.4, -0.2) is 24.5 Å². The Morgan fingerprint density at radius 3 is 2.65 bits per heavy atom. The molecule has 1 rings (SSSR count). The maximum absolute atomic E-state index is 12.7. The number of nitrogens with one attached hydrogen (secondary N) is 1. The number of hydrogen-bond acceptors (Lipinski definition) is 3. The molecule has 0 radical (unpaired) electrons. The number of anilines is 1. The summed E-state index contributed by atoms with van der Waals surface area (Å²) in [5.41, 5.74) is 3.88. The van der Waals surface area contributed by atoms with E-state index in [9.17, 15) is 18.0 Å². The topological polar surface area (TPSA) is 55.1 Å². The number of carbonyl (C=O) groups excluding carboxylic acids is 1. The molecule has 0 bridgehead atoms. The van der Waals surface area contributed by atoms with Crippen molar-refractivity contribution >= 4 is 23.4 Å². The van der Waals surface area contributed by atoms with Gasteiger partial charge in [-0.3, -0.25) is 4.79 Å². The van der Waals surface area contributed by atoms with Gasteiger partial charge in [0.05, 0.1) is 5.56 Å². The van der Waals surface area contributed by atoms with Crippen molar-refractivity contribution in [2.45, 2.75) is 13.1 Å². The van der Waals surface area contributed by atoms with Crippen molar-refractivity contribution < 1.29 is 18.0 Å². The van der Waals surface area contributed by atoms with Crippen molar-refractivity contribution in [1.82, 2.24) is 5.32 Å². The van der Waals surface area contributed by atoms with Gasteiger partial charge >= 0.3 is 6.18 Å². The van der Waals surface area contributed by atoms with Crippen LogP contribution in [0.15, 0.2) is 18.2 Å². The number of carbonyl (C=O) groups is 1. The van der Waals surface area contributed by atoms with Gasteiger partial charge in [-0.15, -0.1) is 0 Å². The first kappa shape index (κ1) is 16.7. The third kappa shape index (κ3) is 4.63. The minimum Gasteiger partial charge on any atom is -0.398 e. The number of amides is 1. The minimum atomic E-state index is -4.56. The molecule has 1 atom stereocenters. The highest BCUT2D eigenvalue weighted by atomic mass is 32.2. The molecule has 0 aromatic heterocycles. The van der Waals surface area contributed by atoms with E-state index in [2.05, 4.69) is 5.32 Å². The summed E-state index contributed by atoms with van der Waals surface area (Å²) in [6.07, 6.45) is -2.61. The Bertz CT molecular complexity index is 477. The molecule has 112 valence electrons. The van der Waals surface area contributed by atoms with Gasteiger partial charge in [-0.1, -0.05) is 6.92 Å². The first-order chi connectivity index (χ1) is 9.25. The molecule has 0 aliphatic heterocycles. The lowest BCUT2D eigenvalue weighted by Crippen LogP contribution is -2.29. The SMILES string of the molecule is CSCC(C)CNC(=O)c1ccc(N)c(C(F)(F)F)c1. The molecule has 0 saturated heterocycles. The van der Waals surface area contributed by atoms with Gasteiger partial charge in [-0.05, 0) is 36.1 Å². The summed E-state index contributed by atoms with van der Waals surface area (Å²) in [4.78, 5) is 11.8. The smallest absolute Gasteiger partial charge is 0.398 e. The van der Waals surface area contributed by atoms with Crippen molar-refractivity contribution in [1.29, 1.82) is 0 Å². The lowest BCUT2D eigenvalue weighted by Gasteiger charge is -2.13. The molecule has 1 unspecified atom stereocenters. The van der Waals surface area contributed by atoms with Crippen molar-refractivity contribution in [2.24, 2.45) is 5.92 Å². The summed E-state index contributed by atoms with van der Waals surface area (Å²) in [5.74, 6) is 0.601. The van der Waals surface area contributed by atoms with E-state index in [1.807, 2.05) is 13.2 Å². The van der Waals surface area contributed by atoms with Gasteiger partial charge in [0.25, 0.3) is 5.91 Å². The van der Waals surface area contributed by atoms with Gasteiger partial charge in [-0.25, -0.2) is 0 Å². The lowest BCUT2D eigenvalue weighted by molar-refractivity contribution is -0.136. The zero-order chi connectivity index (χ0) is 15.3. The number of hydrogen-bond donors (Lipinski definition) is 2. The Labute approximate surface area is 120 Å². The average Bonchev–Trinajstić information content (AvgIpc) is 2.35. The molecule has 0 heterocycles. The number of thioether (sulfide) groups is 1. The van der Waals surface area contributed by atoms with Gasteiger partial charge < -0.3 is 11.1 Å². The molecule has 20 heavy (non-hydrogen) atoms. The Balaban J connectivity index is 2.79. The second-order valence-electron chi connectivity index (χ2n) is 4.57. The summed E-state index contributed by atoms with van der Waals surface area (Å²) >= 11 is 1.65. The van der Waals surface area contributed by atoms with Crippen LogP contribution in [0.1, 0.15) is 22.8 Å². The quantitative estimate of drug-likeness (QED) is 0.822. The van der Waals surface area contributed by atoms with Gasteiger partial charge in [-0.2, -0.15) is 24.9 Å². The molecule has 0 fully saturated rings. The third-order valence-electron chi connectivity index (χ3n) is 2.68. The third-order valence-corrected chi connectivity index (χ3v) is 3.59. The van der Waals surface area contributed by atoms with Crippen LogP contribution in [0.4, 0.5) is 18.9 Å². The van der Waals surface area contributed by atoms with Crippen molar-refractivity contribution in [3.63, 3.8) is 0 Å². The van der Waals surface area contributed by atoms with Crippen LogP contribution >= 0.6 is 11.8 Å². The van der Waals surface area contributed by atoms with Crippen LogP contribution in [0.25, 0.3) is 0 Å². The first-order valence-electron chi connectivity index (χ1n) is 5.99. The van der Waals surface area contributed by atoms with Crippen LogP contribution in [0.2, 0.25) is 0 Å². The lowest BCUT2D eigenvalue weighted by atomic mass is 10.1. The molecule has 3 N–H and O–H groups in total. The van der Waals surface area contributed by atoms with E-state index in [-0.39, 0.29) is 17.2 Å². The van der Waals surface area contributed by atoms with Crippen LogP contribution < -0.4 is 11.1 Å². The normalized spacial score (nSPS) is 13.1. The largest absolute Gasteiger partial charge is 0.418 e. The fourth-order valence-electron chi connectivity index (χ4n) is 1.66. The van der Waals surface area contributed by atoms with Crippen LogP contribution in [-0.2, 0) is 6.18 Å². The number of alkyl halides is 3. The maximum Gasteiger partial charge on any atom is 0.418 e. The summed E-state index contributed by atoms with van der Waals surface area (Å²) in [7, 11) is 0. The van der Waals surface area contributed by atoms with E-state index >= 15 is 0 Å². The van der Waals surface area contributed by atoms with Crippen molar-refractivity contribution in [3.05, 3.63) is 29.3 Å². The highest BCUT2D eigenvalue weighted by Gasteiger charge is 2.33. The van der Waals surface area contributed by atoms with Crippen molar-refractivity contribution in [2.75, 3.05) is 24.3 Å². The van der Waals surface area contributed by atoms with Gasteiger partial charge in [0.1, 0.15) is 0 Å². The zero-order valence-electron chi connectivity index (χ0n) is 11.3. The first-order valence-corrected chi connectivity index (χ1v) is 7.39. The zero-order valence-corrected chi connectivity index (χ0v) is 12.1. The minimum absolute atomic E-state index is 0.0390. The molecule has 1 aromatic rings. The molecule has 0 aliphatic carbocycles. The van der Waals surface area contributed by atoms with E-state index in [1.165, 1.54) is 6.07 Å². The molecular weight excluding hydrogens is 289 g/mol. The van der Waals surface area contributed by atoms with E-state index in [0.29, 0.717) is 6.54 Å². The van der Waals surface area contributed by atoms with Crippen molar-refractivity contribution in [3.8, 4) is 0 Å². The van der Waals surface area contributed by atoms with Gasteiger partial charge in [0, 0.05) is 17.8 Å². The molecule has 7 heteroatoms. The predicted molar refractivity (Wildman–Crippen MR) is 75.7 cm³/mol. The molecule has 1 aromatic carbocycles. The summed E-state index contributed by atoms with van der Waals surface area (Å²) in [6.45, 7) is 2.38. The van der Waals surface area contributed by atoms with Crippen LogP contribution in [0.5, 0.6) is 0 Å². The number of nitrogens with two attached hydrogens (primary N) is 1. The highest BCUT2D eigenvalue weighted by Crippen LogP contribution is 2.33. The standard InChI is InChI=1S/C13H17F3N2OS/c1-8(7-20-2)6-18-12(19)9-3-4-11(17)10(5-9)13(14,15)16/h3-5,8H,6-7,17H2,1-2H3,(H,18,19). The van der Waals surface area contributed by atoms with E-state index in [0.717, 1.165) is 17.9 Å². The summed E-state index contributed by atoms with van der Waals surface area (Å²) in [5, 5.41) is 2.62. The molecule has 0 aliphatic rings. The number of halogens is 3. The Morgan fingerprint density at radius 2 is 2.10 bits per heavy atom. The molecule has 3 nitrogen and oxygen atoms in total. The van der Waals surface area contributed by atoms with E-state index < -0.39 is 17.6 Å². The average molecular weight is 306 g/mol. The van der Waals surface area contributed by atoms with Crippen LogP contribution in [0, 0.1) is 5.92 Å². The number of benzene rings is 1. The Kier molecular flexibility index (Phi) is 5.74. The molecule has 0 spiro atoms. The molecule has 1 amide bonds. The highest BCUT2D eigenvalue weighted by molar-refractivity contribution is 7.98. The second-order valence-corrected chi connectivity index (χ2v) is 5.48. The predicted octanol–water partition coefficient (Wildman–Crippen LogP) is 3.02. The molecular formula is C13H17F3N2OS. The maximum atomic E-state index is 12.7. The van der Waals surface area contributed by atoms with Gasteiger partial charge in [0.15, 0.2) is 0 Å². The fourth-order valence-corrected chi connectivity index (χ4v) is 2.34. The number of rotatable bonds is 5. The van der Waals surface area contributed by atoms with E-state index in [1.54, 1.807) is 11.8 Å².